The Morgan fingerprint density at radius 3 is 2.57 bits per heavy atom. The number of esters is 1. The molecule has 0 bridgehead atoms. The molecule has 0 fully saturated rings. The molecule has 3 rings (SSSR count). The summed E-state index contributed by atoms with van der Waals surface area (Å²) < 4.78 is 34.4. The molecule has 0 spiro atoms. The first kappa shape index (κ1) is 19.4. The highest BCUT2D eigenvalue weighted by atomic mass is 19.1. The van der Waals surface area contributed by atoms with Crippen molar-refractivity contribution >= 4 is 17.8 Å². The van der Waals surface area contributed by atoms with Crippen LogP contribution in [-0.2, 0) is 9.53 Å². The summed E-state index contributed by atoms with van der Waals surface area (Å²) in [5.74, 6) is -0.00547. The fourth-order valence-electron chi connectivity index (χ4n) is 2.67. The first-order valence-electron chi connectivity index (χ1n) is 8.64. The third-order valence-electron chi connectivity index (χ3n) is 4.05. The summed E-state index contributed by atoms with van der Waals surface area (Å²) in [6.45, 7) is 2.32. The summed E-state index contributed by atoms with van der Waals surface area (Å²) >= 11 is 0. The summed E-state index contributed by atoms with van der Waals surface area (Å²) in [7, 11) is 1.51. The Kier molecular flexibility index (Phi) is 5.93. The third-order valence-corrected chi connectivity index (χ3v) is 4.05. The molecular weight excluding hydrogens is 367 g/mol. The van der Waals surface area contributed by atoms with Crippen LogP contribution in [0.15, 0.2) is 42.5 Å². The number of methoxy groups -OCH3 is 1. The number of fused-ring (bicyclic) bond motifs is 1. The minimum atomic E-state index is -1.00. The number of carbonyl (C=O) groups is 2. The number of carbonyl (C=O) groups excluding carboxylic acids is 2. The number of hydrogen-bond acceptors (Lipinski definition) is 6. The summed E-state index contributed by atoms with van der Waals surface area (Å²) in [4.78, 5) is 24.3. The smallest absolute Gasteiger partial charge is 0.331 e. The highest BCUT2D eigenvalue weighted by molar-refractivity contribution is 6.01. The number of Topliss-reactive ketones (excluding diaryl/α,β-unsaturated/α-hetero) is 1. The van der Waals surface area contributed by atoms with Gasteiger partial charge in [-0.2, -0.15) is 0 Å². The Balaban J connectivity index is 1.66. The average Bonchev–Trinajstić information content (AvgIpc) is 2.71. The monoisotopic (exact) mass is 386 g/mol. The Hall–Kier alpha value is -3.35. The maximum atomic E-state index is 13.0. The van der Waals surface area contributed by atoms with Crippen LogP contribution in [0.25, 0.3) is 6.08 Å². The number of ketones is 1. The Bertz CT molecular complexity index is 887. The standard InChI is InChI=1S/C21H19FO6/c1-13(20(24)15-4-6-16(22)7-5-15)28-19(23)8-3-14-11-17(25-2)21-18(12-14)26-9-10-27-21/h3-8,11-13H,9-10H2,1-2H3/b8-3+/t13-/m0/s1. The van der Waals surface area contributed by atoms with Gasteiger partial charge in [0.2, 0.25) is 11.5 Å². The van der Waals surface area contributed by atoms with E-state index in [0.717, 1.165) is 0 Å². The van der Waals surface area contributed by atoms with Crippen LogP contribution in [0.1, 0.15) is 22.8 Å². The maximum absolute atomic E-state index is 13.0. The fraction of sp³-hybridized carbons (Fsp3) is 0.238. The largest absolute Gasteiger partial charge is 0.493 e. The number of benzene rings is 2. The molecule has 0 radical (unpaired) electrons. The molecule has 6 nitrogen and oxygen atoms in total. The third kappa shape index (κ3) is 4.49. The zero-order valence-electron chi connectivity index (χ0n) is 15.4. The second-order valence-electron chi connectivity index (χ2n) is 6.03. The normalized spacial score (nSPS) is 13.8. The number of halogens is 1. The van der Waals surface area contributed by atoms with E-state index in [1.807, 2.05) is 0 Å². The molecule has 0 amide bonds. The molecule has 0 aromatic heterocycles. The predicted octanol–water partition coefficient (Wildman–Crippen LogP) is 3.43. The average molecular weight is 386 g/mol. The van der Waals surface area contributed by atoms with Gasteiger partial charge in [0, 0.05) is 11.6 Å². The molecule has 1 heterocycles. The Morgan fingerprint density at radius 2 is 1.86 bits per heavy atom. The quantitative estimate of drug-likeness (QED) is 0.430. The van der Waals surface area contributed by atoms with E-state index in [1.54, 1.807) is 12.1 Å². The van der Waals surface area contributed by atoms with E-state index in [0.29, 0.717) is 36.0 Å². The summed E-state index contributed by atoms with van der Waals surface area (Å²) in [5, 5.41) is 0. The summed E-state index contributed by atoms with van der Waals surface area (Å²) in [6, 6.07) is 8.46. The van der Waals surface area contributed by atoms with E-state index in [1.165, 1.54) is 50.5 Å². The van der Waals surface area contributed by atoms with Gasteiger partial charge in [-0.25, -0.2) is 9.18 Å². The van der Waals surface area contributed by atoms with Crippen LogP contribution in [-0.4, -0.2) is 38.2 Å². The molecule has 1 aliphatic heterocycles. The molecule has 1 atom stereocenters. The first-order valence-corrected chi connectivity index (χ1v) is 8.64. The lowest BCUT2D eigenvalue weighted by Crippen LogP contribution is -2.23. The van der Waals surface area contributed by atoms with Gasteiger partial charge in [0.05, 0.1) is 7.11 Å². The van der Waals surface area contributed by atoms with Crippen LogP contribution in [0, 0.1) is 5.82 Å². The first-order chi connectivity index (χ1) is 13.5. The number of hydrogen-bond donors (Lipinski definition) is 0. The fourth-order valence-corrected chi connectivity index (χ4v) is 2.67. The minimum absolute atomic E-state index is 0.266. The molecule has 0 aliphatic carbocycles. The van der Waals surface area contributed by atoms with Crippen molar-refractivity contribution < 1.29 is 32.9 Å². The van der Waals surface area contributed by atoms with Gasteiger partial charge in [-0.05, 0) is 55.0 Å². The van der Waals surface area contributed by atoms with Crippen molar-refractivity contribution in [2.75, 3.05) is 20.3 Å². The van der Waals surface area contributed by atoms with Crippen LogP contribution in [0.4, 0.5) is 4.39 Å². The van der Waals surface area contributed by atoms with Crippen molar-refractivity contribution in [3.63, 3.8) is 0 Å². The second kappa shape index (κ2) is 8.56. The summed E-state index contributed by atoms with van der Waals surface area (Å²) in [5.41, 5.74) is 0.915. The topological polar surface area (TPSA) is 71.1 Å². The zero-order chi connectivity index (χ0) is 20.1. The lowest BCUT2D eigenvalue weighted by molar-refractivity contribution is -0.140. The maximum Gasteiger partial charge on any atom is 0.331 e. The zero-order valence-corrected chi connectivity index (χ0v) is 15.4. The van der Waals surface area contributed by atoms with Gasteiger partial charge in [-0.1, -0.05) is 0 Å². The van der Waals surface area contributed by atoms with Crippen molar-refractivity contribution in [3.8, 4) is 17.2 Å². The molecule has 0 N–H and O–H groups in total. The van der Waals surface area contributed by atoms with Crippen LogP contribution in [0.5, 0.6) is 17.2 Å². The lowest BCUT2D eigenvalue weighted by atomic mass is 10.1. The van der Waals surface area contributed by atoms with Gasteiger partial charge in [0.25, 0.3) is 0 Å². The number of ether oxygens (including phenoxy) is 4. The van der Waals surface area contributed by atoms with Gasteiger partial charge in [-0.15, -0.1) is 0 Å². The second-order valence-corrected chi connectivity index (χ2v) is 6.03. The van der Waals surface area contributed by atoms with E-state index in [2.05, 4.69) is 0 Å². The van der Waals surface area contributed by atoms with Crippen molar-refractivity contribution in [1.29, 1.82) is 0 Å². The van der Waals surface area contributed by atoms with Gasteiger partial charge < -0.3 is 18.9 Å². The molecule has 7 heteroatoms. The van der Waals surface area contributed by atoms with Crippen LogP contribution in [0.3, 0.4) is 0 Å². The van der Waals surface area contributed by atoms with Gasteiger partial charge >= 0.3 is 5.97 Å². The molecule has 2 aromatic rings. The van der Waals surface area contributed by atoms with E-state index >= 15 is 0 Å². The van der Waals surface area contributed by atoms with E-state index < -0.39 is 23.7 Å². The number of rotatable bonds is 6. The van der Waals surface area contributed by atoms with Crippen molar-refractivity contribution in [2.24, 2.45) is 0 Å². The highest BCUT2D eigenvalue weighted by Crippen LogP contribution is 2.40. The molecule has 0 unspecified atom stereocenters. The van der Waals surface area contributed by atoms with Crippen molar-refractivity contribution in [3.05, 3.63) is 59.4 Å². The van der Waals surface area contributed by atoms with Crippen molar-refractivity contribution in [2.45, 2.75) is 13.0 Å². The predicted molar refractivity (Wildman–Crippen MR) is 99.3 cm³/mol. The van der Waals surface area contributed by atoms with E-state index in [-0.39, 0.29) is 5.56 Å². The molecule has 146 valence electrons. The SMILES string of the molecule is COc1cc(/C=C/C(=O)O[C@@H](C)C(=O)c2ccc(F)cc2)cc2c1OCCO2. The van der Waals surface area contributed by atoms with Gasteiger partial charge in [0.15, 0.2) is 17.6 Å². The molecule has 2 aromatic carbocycles. The molecule has 0 saturated carbocycles. The highest BCUT2D eigenvalue weighted by Gasteiger charge is 2.20. The van der Waals surface area contributed by atoms with E-state index in [4.69, 9.17) is 18.9 Å². The molecule has 1 aliphatic rings. The molecule has 28 heavy (non-hydrogen) atoms. The van der Waals surface area contributed by atoms with Gasteiger partial charge in [-0.3, -0.25) is 4.79 Å². The van der Waals surface area contributed by atoms with Gasteiger partial charge in [0.1, 0.15) is 19.0 Å². The Morgan fingerprint density at radius 1 is 1.14 bits per heavy atom. The van der Waals surface area contributed by atoms with Crippen LogP contribution < -0.4 is 14.2 Å². The van der Waals surface area contributed by atoms with Crippen LogP contribution in [0.2, 0.25) is 0 Å². The lowest BCUT2D eigenvalue weighted by Gasteiger charge is -2.20. The van der Waals surface area contributed by atoms with Crippen LogP contribution >= 0.6 is 0 Å². The van der Waals surface area contributed by atoms with E-state index in [9.17, 15) is 14.0 Å². The van der Waals surface area contributed by atoms with Crippen molar-refractivity contribution in [1.82, 2.24) is 0 Å². The minimum Gasteiger partial charge on any atom is -0.493 e. The molecule has 0 saturated heterocycles. The molecular formula is C21H19FO6. The Labute approximate surface area is 161 Å². The summed E-state index contributed by atoms with van der Waals surface area (Å²) in [6.07, 6.45) is 1.73.